The van der Waals surface area contributed by atoms with Gasteiger partial charge in [0.2, 0.25) is 0 Å². The summed E-state index contributed by atoms with van der Waals surface area (Å²) in [6, 6.07) is 0.128. The molecular formula is C10H18FNO. The third-order valence-electron chi connectivity index (χ3n) is 3.20. The first-order valence-corrected chi connectivity index (χ1v) is 5.33. The van der Waals surface area contributed by atoms with Gasteiger partial charge in [-0.3, -0.25) is 0 Å². The van der Waals surface area contributed by atoms with Gasteiger partial charge >= 0.3 is 0 Å². The van der Waals surface area contributed by atoms with Crippen molar-refractivity contribution >= 4 is 0 Å². The van der Waals surface area contributed by atoms with Gasteiger partial charge in [-0.05, 0) is 38.1 Å². The zero-order valence-electron chi connectivity index (χ0n) is 7.97. The van der Waals surface area contributed by atoms with Crippen LogP contribution in [0.5, 0.6) is 0 Å². The fourth-order valence-electron chi connectivity index (χ4n) is 2.35. The maximum Gasteiger partial charge on any atom is 0.118 e. The summed E-state index contributed by atoms with van der Waals surface area (Å²) in [5, 5.41) is 3.24. The van der Waals surface area contributed by atoms with Crippen molar-refractivity contribution in [1.29, 1.82) is 0 Å². The van der Waals surface area contributed by atoms with Gasteiger partial charge in [0.1, 0.15) is 6.17 Å². The average Bonchev–Trinajstić information content (AvgIpc) is 2.71. The summed E-state index contributed by atoms with van der Waals surface area (Å²) in [5.41, 5.74) is 0. The highest BCUT2D eigenvalue weighted by Crippen LogP contribution is 2.26. The van der Waals surface area contributed by atoms with Crippen LogP contribution in [-0.2, 0) is 4.74 Å². The second-order valence-corrected chi connectivity index (χ2v) is 4.10. The molecule has 0 aromatic carbocycles. The van der Waals surface area contributed by atoms with E-state index >= 15 is 0 Å². The van der Waals surface area contributed by atoms with E-state index in [0.29, 0.717) is 0 Å². The molecule has 2 heterocycles. The summed E-state index contributed by atoms with van der Waals surface area (Å²) in [6.45, 7) is 2.49. The SMILES string of the molecule is FC(C1CCOCC1)C1CCCN1. The second-order valence-electron chi connectivity index (χ2n) is 4.10. The third-order valence-corrected chi connectivity index (χ3v) is 3.20. The Kier molecular flexibility index (Phi) is 3.17. The van der Waals surface area contributed by atoms with E-state index < -0.39 is 6.17 Å². The topological polar surface area (TPSA) is 21.3 Å². The fraction of sp³-hybridized carbons (Fsp3) is 1.00. The molecule has 0 aliphatic carbocycles. The average molecular weight is 187 g/mol. The molecule has 76 valence electrons. The van der Waals surface area contributed by atoms with Crippen LogP contribution in [0, 0.1) is 5.92 Å². The lowest BCUT2D eigenvalue weighted by atomic mass is 9.90. The van der Waals surface area contributed by atoms with E-state index in [2.05, 4.69) is 5.32 Å². The largest absolute Gasteiger partial charge is 0.381 e. The van der Waals surface area contributed by atoms with E-state index in [1.807, 2.05) is 0 Å². The van der Waals surface area contributed by atoms with Gasteiger partial charge in [0.15, 0.2) is 0 Å². The van der Waals surface area contributed by atoms with E-state index in [-0.39, 0.29) is 12.0 Å². The van der Waals surface area contributed by atoms with Crippen molar-refractivity contribution in [1.82, 2.24) is 5.32 Å². The van der Waals surface area contributed by atoms with E-state index in [0.717, 1.165) is 45.4 Å². The standard InChI is InChI=1S/C10H18FNO/c11-10(9-2-1-5-12-9)8-3-6-13-7-4-8/h8-10,12H,1-7H2. The number of nitrogens with one attached hydrogen (secondary N) is 1. The van der Waals surface area contributed by atoms with E-state index in [1.165, 1.54) is 0 Å². The van der Waals surface area contributed by atoms with Crippen LogP contribution in [0.1, 0.15) is 25.7 Å². The molecule has 2 atom stereocenters. The van der Waals surface area contributed by atoms with Gasteiger partial charge in [-0.25, -0.2) is 4.39 Å². The van der Waals surface area contributed by atoms with Gasteiger partial charge in [-0.15, -0.1) is 0 Å². The lowest BCUT2D eigenvalue weighted by Crippen LogP contribution is -2.39. The van der Waals surface area contributed by atoms with Crippen molar-refractivity contribution < 1.29 is 9.13 Å². The molecule has 2 aliphatic rings. The first-order chi connectivity index (χ1) is 6.38. The summed E-state index contributed by atoms with van der Waals surface area (Å²) in [6.07, 6.45) is 3.30. The Hall–Kier alpha value is -0.150. The van der Waals surface area contributed by atoms with Crippen LogP contribution >= 0.6 is 0 Å². The number of ether oxygens (including phenoxy) is 1. The quantitative estimate of drug-likeness (QED) is 0.707. The molecule has 3 heteroatoms. The minimum atomic E-state index is -0.647. The third kappa shape index (κ3) is 2.20. The number of hydrogen-bond acceptors (Lipinski definition) is 2. The van der Waals surface area contributed by atoms with Gasteiger partial charge in [-0.1, -0.05) is 0 Å². The molecule has 0 bridgehead atoms. The van der Waals surface area contributed by atoms with E-state index in [9.17, 15) is 4.39 Å². The number of rotatable bonds is 2. The van der Waals surface area contributed by atoms with Crippen molar-refractivity contribution in [3.05, 3.63) is 0 Å². The molecule has 0 aromatic rings. The maximum atomic E-state index is 13.9. The highest BCUT2D eigenvalue weighted by molar-refractivity contribution is 4.86. The molecule has 2 saturated heterocycles. The number of hydrogen-bond donors (Lipinski definition) is 1. The molecule has 1 N–H and O–H groups in total. The Morgan fingerprint density at radius 1 is 1.23 bits per heavy atom. The van der Waals surface area contributed by atoms with Gasteiger partial charge in [0, 0.05) is 19.3 Å². The second kappa shape index (κ2) is 4.38. The molecule has 0 aromatic heterocycles. The van der Waals surface area contributed by atoms with Gasteiger partial charge in [0.25, 0.3) is 0 Å². The summed E-state index contributed by atoms with van der Waals surface area (Å²) < 4.78 is 19.1. The van der Waals surface area contributed by atoms with Crippen LogP contribution in [0.2, 0.25) is 0 Å². The number of alkyl halides is 1. The van der Waals surface area contributed by atoms with E-state index in [1.54, 1.807) is 0 Å². The minimum absolute atomic E-state index is 0.128. The van der Waals surface area contributed by atoms with Crippen LogP contribution in [0.15, 0.2) is 0 Å². The summed E-state index contributed by atoms with van der Waals surface area (Å²) >= 11 is 0. The van der Waals surface area contributed by atoms with E-state index in [4.69, 9.17) is 4.74 Å². The molecular weight excluding hydrogens is 169 g/mol. The molecule has 2 unspecified atom stereocenters. The zero-order chi connectivity index (χ0) is 9.10. The van der Waals surface area contributed by atoms with Crippen molar-refractivity contribution in [2.75, 3.05) is 19.8 Å². The lowest BCUT2D eigenvalue weighted by molar-refractivity contribution is 0.0287. The smallest absolute Gasteiger partial charge is 0.118 e. The normalized spacial score (nSPS) is 33.5. The molecule has 2 aliphatic heterocycles. The highest BCUT2D eigenvalue weighted by atomic mass is 19.1. The van der Waals surface area contributed by atoms with Crippen LogP contribution in [0.3, 0.4) is 0 Å². The molecule has 0 amide bonds. The molecule has 2 rings (SSSR count). The lowest BCUT2D eigenvalue weighted by Gasteiger charge is -2.28. The van der Waals surface area contributed by atoms with Gasteiger partial charge < -0.3 is 10.1 Å². The Morgan fingerprint density at radius 2 is 2.00 bits per heavy atom. The number of halogens is 1. The first-order valence-electron chi connectivity index (χ1n) is 5.33. The fourth-order valence-corrected chi connectivity index (χ4v) is 2.35. The Labute approximate surface area is 78.8 Å². The van der Waals surface area contributed by atoms with Crippen LogP contribution in [0.25, 0.3) is 0 Å². The first kappa shape index (κ1) is 9.41. The molecule has 13 heavy (non-hydrogen) atoms. The molecule has 0 spiro atoms. The predicted octanol–water partition coefficient (Wildman–Crippen LogP) is 1.50. The minimum Gasteiger partial charge on any atom is -0.381 e. The van der Waals surface area contributed by atoms with Crippen molar-refractivity contribution in [3.63, 3.8) is 0 Å². The monoisotopic (exact) mass is 187 g/mol. The summed E-state index contributed by atoms with van der Waals surface area (Å²) in [5.74, 6) is 0.240. The Bertz CT molecular complexity index is 153. The maximum absolute atomic E-state index is 13.9. The molecule has 2 nitrogen and oxygen atoms in total. The molecule has 0 saturated carbocycles. The van der Waals surface area contributed by atoms with Crippen LogP contribution < -0.4 is 5.32 Å². The van der Waals surface area contributed by atoms with Crippen molar-refractivity contribution in [2.24, 2.45) is 5.92 Å². The van der Waals surface area contributed by atoms with Crippen molar-refractivity contribution in [3.8, 4) is 0 Å². The van der Waals surface area contributed by atoms with Crippen LogP contribution in [-0.4, -0.2) is 32.0 Å². The summed E-state index contributed by atoms with van der Waals surface area (Å²) in [7, 11) is 0. The highest BCUT2D eigenvalue weighted by Gasteiger charge is 2.32. The Morgan fingerprint density at radius 3 is 2.62 bits per heavy atom. The van der Waals surface area contributed by atoms with Gasteiger partial charge in [0.05, 0.1) is 0 Å². The van der Waals surface area contributed by atoms with Crippen LogP contribution in [0.4, 0.5) is 4.39 Å². The van der Waals surface area contributed by atoms with Gasteiger partial charge in [-0.2, -0.15) is 0 Å². The molecule has 2 fully saturated rings. The zero-order valence-corrected chi connectivity index (χ0v) is 7.97. The Balaban J connectivity index is 1.83. The predicted molar refractivity (Wildman–Crippen MR) is 49.5 cm³/mol. The summed E-state index contributed by atoms with van der Waals surface area (Å²) in [4.78, 5) is 0. The van der Waals surface area contributed by atoms with Crippen molar-refractivity contribution in [2.45, 2.75) is 37.9 Å². The molecule has 0 radical (unpaired) electrons.